The van der Waals surface area contributed by atoms with Gasteiger partial charge >= 0.3 is 0 Å². The first-order valence-electron chi connectivity index (χ1n) is 11.3. The molecule has 0 radical (unpaired) electrons. The molecule has 7 heteroatoms. The number of ether oxygens (including phenoxy) is 2. The third kappa shape index (κ3) is 7.22. The number of benzene rings is 2. The summed E-state index contributed by atoms with van der Waals surface area (Å²) in [7, 11) is 5.16. The third-order valence-corrected chi connectivity index (χ3v) is 5.73. The Balaban J connectivity index is 1.74. The van der Waals surface area contributed by atoms with Crippen LogP contribution >= 0.6 is 0 Å². The number of rotatable bonds is 12. The summed E-state index contributed by atoms with van der Waals surface area (Å²) in [6.07, 6.45) is 2.17. The van der Waals surface area contributed by atoms with E-state index in [1.54, 1.807) is 24.0 Å². The molecule has 0 atom stereocenters. The summed E-state index contributed by atoms with van der Waals surface area (Å²) in [6, 6.07) is 21.2. The summed E-state index contributed by atoms with van der Waals surface area (Å²) >= 11 is 0. The number of nitrogens with zero attached hydrogens (tertiary/aromatic N) is 3. The lowest BCUT2D eigenvalue weighted by molar-refractivity contribution is -0.141. The Kier molecular flexibility index (Phi) is 9.29. The van der Waals surface area contributed by atoms with Crippen LogP contribution in [0.1, 0.15) is 16.8 Å². The Hall–Kier alpha value is -3.58. The van der Waals surface area contributed by atoms with Gasteiger partial charge in [-0.05, 0) is 35.4 Å². The molecule has 3 aromatic rings. The smallest absolute Gasteiger partial charge is 0.242 e. The van der Waals surface area contributed by atoms with Crippen LogP contribution in [0.25, 0.3) is 0 Å². The number of carbonyl (C=O) groups is 2. The molecule has 0 saturated carbocycles. The predicted octanol–water partition coefficient (Wildman–Crippen LogP) is 3.28. The van der Waals surface area contributed by atoms with Crippen molar-refractivity contribution < 1.29 is 19.1 Å². The highest BCUT2D eigenvalue weighted by molar-refractivity contribution is 5.86. The van der Waals surface area contributed by atoms with Crippen LogP contribution in [-0.4, -0.2) is 60.1 Å². The fourth-order valence-electron chi connectivity index (χ4n) is 3.68. The standard InChI is InChI=1S/C27H33N3O4/c1-28-15-7-10-24(28)20-30(19-23-8-5-4-6-9-23)27(32)21-29(16-17-33-2)26(31)18-22-11-13-25(34-3)14-12-22/h4-15H,16-21H2,1-3H3. The van der Waals surface area contributed by atoms with E-state index >= 15 is 0 Å². The molecule has 0 bridgehead atoms. The van der Waals surface area contributed by atoms with Crippen molar-refractivity contribution in [2.75, 3.05) is 33.9 Å². The van der Waals surface area contributed by atoms with Gasteiger partial charge in [-0.15, -0.1) is 0 Å². The molecule has 0 N–H and O–H groups in total. The van der Waals surface area contributed by atoms with Gasteiger partial charge < -0.3 is 23.8 Å². The van der Waals surface area contributed by atoms with Crippen molar-refractivity contribution in [1.82, 2.24) is 14.4 Å². The van der Waals surface area contributed by atoms with E-state index in [1.165, 1.54) is 0 Å². The second kappa shape index (κ2) is 12.6. The van der Waals surface area contributed by atoms with Crippen molar-refractivity contribution in [3.05, 3.63) is 89.7 Å². The maximum atomic E-state index is 13.5. The molecule has 3 rings (SSSR count). The normalized spacial score (nSPS) is 10.7. The van der Waals surface area contributed by atoms with Gasteiger partial charge in [0.1, 0.15) is 5.75 Å². The zero-order valence-electron chi connectivity index (χ0n) is 20.1. The van der Waals surface area contributed by atoms with Crippen LogP contribution in [0.15, 0.2) is 72.9 Å². The first-order valence-corrected chi connectivity index (χ1v) is 11.3. The molecule has 2 aromatic carbocycles. The molecule has 180 valence electrons. The van der Waals surface area contributed by atoms with Gasteiger partial charge in [0.15, 0.2) is 0 Å². The Morgan fingerprint density at radius 3 is 2.18 bits per heavy atom. The quantitative estimate of drug-likeness (QED) is 0.414. The van der Waals surface area contributed by atoms with Gasteiger partial charge in [0.05, 0.1) is 33.2 Å². The first kappa shape index (κ1) is 25.1. The molecule has 7 nitrogen and oxygen atoms in total. The van der Waals surface area contributed by atoms with E-state index in [2.05, 4.69) is 0 Å². The number of methoxy groups -OCH3 is 2. The van der Waals surface area contributed by atoms with Crippen molar-refractivity contribution in [3.8, 4) is 5.75 Å². The Bertz CT molecular complexity index is 1050. The van der Waals surface area contributed by atoms with E-state index in [4.69, 9.17) is 9.47 Å². The van der Waals surface area contributed by atoms with Crippen LogP contribution in [0.2, 0.25) is 0 Å². The van der Waals surface area contributed by atoms with Crippen molar-refractivity contribution in [2.45, 2.75) is 19.5 Å². The summed E-state index contributed by atoms with van der Waals surface area (Å²) in [6.45, 7) is 1.63. The molecule has 1 aromatic heterocycles. The lowest BCUT2D eigenvalue weighted by atomic mass is 10.1. The van der Waals surface area contributed by atoms with Gasteiger partial charge in [-0.3, -0.25) is 9.59 Å². The molecule has 2 amide bonds. The third-order valence-electron chi connectivity index (χ3n) is 5.73. The summed E-state index contributed by atoms with van der Waals surface area (Å²) in [5, 5.41) is 0. The van der Waals surface area contributed by atoms with Crippen LogP contribution in [-0.2, 0) is 40.9 Å². The van der Waals surface area contributed by atoms with Crippen LogP contribution in [0.5, 0.6) is 5.75 Å². The number of aryl methyl sites for hydroxylation is 1. The lowest BCUT2D eigenvalue weighted by Crippen LogP contribution is -2.44. The summed E-state index contributed by atoms with van der Waals surface area (Å²) in [5.41, 5.74) is 2.93. The van der Waals surface area contributed by atoms with E-state index in [0.717, 1.165) is 22.6 Å². The highest BCUT2D eigenvalue weighted by atomic mass is 16.5. The Labute approximate surface area is 201 Å². The largest absolute Gasteiger partial charge is 0.497 e. The number of hydrogen-bond donors (Lipinski definition) is 0. The van der Waals surface area contributed by atoms with E-state index in [9.17, 15) is 9.59 Å². The number of hydrogen-bond acceptors (Lipinski definition) is 4. The molecule has 0 aliphatic carbocycles. The molecule has 1 heterocycles. The maximum absolute atomic E-state index is 13.5. The van der Waals surface area contributed by atoms with Crippen LogP contribution in [0, 0.1) is 0 Å². The summed E-state index contributed by atoms with van der Waals surface area (Å²) in [5.74, 6) is 0.512. The first-order chi connectivity index (χ1) is 16.5. The fraction of sp³-hybridized carbons (Fsp3) is 0.333. The zero-order chi connectivity index (χ0) is 24.3. The Morgan fingerprint density at radius 1 is 0.824 bits per heavy atom. The van der Waals surface area contributed by atoms with E-state index in [-0.39, 0.29) is 24.8 Å². The van der Waals surface area contributed by atoms with Gasteiger partial charge in [-0.1, -0.05) is 42.5 Å². The van der Waals surface area contributed by atoms with Crippen LogP contribution in [0.4, 0.5) is 0 Å². The minimum absolute atomic E-state index is 0.00436. The molecule has 0 saturated heterocycles. The van der Waals surface area contributed by atoms with Gasteiger partial charge in [-0.25, -0.2) is 0 Å². The van der Waals surface area contributed by atoms with Gasteiger partial charge in [0.2, 0.25) is 11.8 Å². The second-order valence-electron chi connectivity index (χ2n) is 8.18. The lowest BCUT2D eigenvalue weighted by Gasteiger charge is -2.28. The molecule has 0 unspecified atom stereocenters. The number of aromatic nitrogens is 1. The Morgan fingerprint density at radius 2 is 1.56 bits per heavy atom. The number of carbonyl (C=O) groups excluding carboxylic acids is 2. The molecule has 0 spiro atoms. The summed E-state index contributed by atoms with van der Waals surface area (Å²) < 4.78 is 12.4. The highest BCUT2D eigenvalue weighted by Crippen LogP contribution is 2.14. The monoisotopic (exact) mass is 463 g/mol. The van der Waals surface area contributed by atoms with Gasteiger partial charge in [0, 0.05) is 39.1 Å². The van der Waals surface area contributed by atoms with Crippen LogP contribution < -0.4 is 4.74 Å². The SMILES string of the molecule is COCCN(CC(=O)N(Cc1ccccc1)Cc1cccn1C)C(=O)Cc1ccc(OC)cc1. The minimum atomic E-state index is -0.117. The highest BCUT2D eigenvalue weighted by Gasteiger charge is 2.22. The predicted molar refractivity (Wildman–Crippen MR) is 131 cm³/mol. The fourth-order valence-corrected chi connectivity index (χ4v) is 3.68. The van der Waals surface area contributed by atoms with Crippen molar-refractivity contribution in [3.63, 3.8) is 0 Å². The van der Waals surface area contributed by atoms with E-state index in [0.29, 0.717) is 26.2 Å². The molecule has 34 heavy (non-hydrogen) atoms. The van der Waals surface area contributed by atoms with Crippen molar-refractivity contribution in [1.29, 1.82) is 0 Å². The zero-order valence-corrected chi connectivity index (χ0v) is 20.1. The second-order valence-corrected chi connectivity index (χ2v) is 8.18. The van der Waals surface area contributed by atoms with Gasteiger partial charge in [-0.2, -0.15) is 0 Å². The minimum Gasteiger partial charge on any atom is -0.497 e. The van der Waals surface area contributed by atoms with Crippen LogP contribution in [0.3, 0.4) is 0 Å². The van der Waals surface area contributed by atoms with Crippen molar-refractivity contribution in [2.24, 2.45) is 7.05 Å². The average Bonchev–Trinajstić information content (AvgIpc) is 3.26. The van der Waals surface area contributed by atoms with Crippen molar-refractivity contribution >= 4 is 11.8 Å². The van der Waals surface area contributed by atoms with Gasteiger partial charge in [0.25, 0.3) is 0 Å². The molecule has 0 fully saturated rings. The topological polar surface area (TPSA) is 64.0 Å². The van der Waals surface area contributed by atoms with E-state index < -0.39 is 0 Å². The van der Waals surface area contributed by atoms with E-state index in [1.807, 2.05) is 84.5 Å². The maximum Gasteiger partial charge on any atom is 0.242 e. The number of amides is 2. The average molecular weight is 464 g/mol. The molecule has 0 aliphatic heterocycles. The molecule has 0 aliphatic rings. The summed E-state index contributed by atoms with van der Waals surface area (Å²) in [4.78, 5) is 30.0. The molecular formula is C27H33N3O4. The molecular weight excluding hydrogens is 430 g/mol.